The molecule has 0 spiro atoms. The lowest BCUT2D eigenvalue weighted by Gasteiger charge is -2.21. The van der Waals surface area contributed by atoms with Gasteiger partial charge >= 0.3 is 0 Å². The zero-order valence-corrected chi connectivity index (χ0v) is 30.4. The molecule has 264 valence electrons. The summed E-state index contributed by atoms with van der Waals surface area (Å²) in [6.45, 7) is 0. The number of hydrogen-bond acceptors (Lipinski definition) is 3. The van der Waals surface area contributed by atoms with Crippen molar-refractivity contribution in [2.45, 2.75) is 0 Å². The minimum Gasteiger partial charge on any atom is -0.311 e. The van der Waals surface area contributed by atoms with Gasteiger partial charge in [0, 0.05) is 54.9 Å². The first-order chi connectivity index (χ1) is 26.3. The molecule has 3 amide bonds. The Balaban J connectivity index is 0.961. The summed E-state index contributed by atoms with van der Waals surface area (Å²) in [5.41, 5.74) is 10.4. The average Bonchev–Trinajstić information content (AvgIpc) is 3.25. The summed E-state index contributed by atoms with van der Waals surface area (Å²) < 4.78 is 0. The van der Waals surface area contributed by atoms with Gasteiger partial charge in [0.25, 0.3) is 17.7 Å². The van der Waals surface area contributed by atoms with Crippen molar-refractivity contribution in [1.82, 2.24) is 0 Å². The van der Waals surface area contributed by atoms with Gasteiger partial charge < -0.3 is 14.7 Å². The molecule has 0 bridgehead atoms. The first-order valence-electron chi connectivity index (χ1n) is 17.7. The number of anilines is 3. The Morgan fingerprint density at radius 3 is 0.833 bits per heavy atom. The van der Waals surface area contributed by atoms with E-state index >= 15 is 0 Å². The van der Waals surface area contributed by atoms with Crippen LogP contribution in [0.1, 0.15) is 31.1 Å². The highest BCUT2D eigenvalue weighted by molar-refractivity contribution is 6.08. The molecule has 7 aromatic rings. The van der Waals surface area contributed by atoms with E-state index in [9.17, 15) is 14.4 Å². The molecule has 0 unspecified atom stereocenters. The quantitative estimate of drug-likeness (QED) is 0.150. The molecule has 6 nitrogen and oxygen atoms in total. The molecule has 7 rings (SSSR count). The molecule has 0 aliphatic carbocycles. The van der Waals surface area contributed by atoms with Gasteiger partial charge in [0.1, 0.15) is 0 Å². The predicted molar refractivity (Wildman–Crippen MR) is 220 cm³/mol. The summed E-state index contributed by atoms with van der Waals surface area (Å²) in [5.74, 6) is -0.298. The van der Waals surface area contributed by atoms with E-state index in [1.54, 1.807) is 48.0 Å². The van der Waals surface area contributed by atoms with E-state index in [1.165, 1.54) is 0 Å². The fraction of sp³-hybridized carbons (Fsp3) is 0.0625. The summed E-state index contributed by atoms with van der Waals surface area (Å²) in [5, 5.41) is 0. The van der Waals surface area contributed by atoms with Crippen molar-refractivity contribution in [2.24, 2.45) is 0 Å². The van der Waals surface area contributed by atoms with Crippen LogP contribution in [0.2, 0.25) is 0 Å². The largest absolute Gasteiger partial charge is 0.311 e. The van der Waals surface area contributed by atoms with Gasteiger partial charge in [-0.1, -0.05) is 109 Å². The van der Waals surface area contributed by atoms with E-state index in [4.69, 9.17) is 0 Å². The molecule has 7 aromatic carbocycles. The second kappa shape index (κ2) is 15.7. The molecule has 0 aromatic heterocycles. The monoisotopic (exact) mass is 705 g/mol. The third-order valence-corrected chi connectivity index (χ3v) is 9.74. The van der Waals surface area contributed by atoms with Gasteiger partial charge in [0.05, 0.1) is 0 Å². The van der Waals surface area contributed by atoms with Crippen LogP contribution in [0.25, 0.3) is 33.4 Å². The van der Waals surface area contributed by atoms with Crippen molar-refractivity contribution in [2.75, 3.05) is 35.8 Å². The first-order valence-corrected chi connectivity index (χ1v) is 17.7. The summed E-state index contributed by atoms with van der Waals surface area (Å²) in [6.07, 6.45) is 0. The molecule has 0 saturated carbocycles. The summed E-state index contributed by atoms with van der Waals surface area (Å²) in [6, 6.07) is 58.2. The highest BCUT2D eigenvalue weighted by Crippen LogP contribution is 2.29. The van der Waals surface area contributed by atoms with Crippen molar-refractivity contribution in [1.29, 1.82) is 0 Å². The van der Waals surface area contributed by atoms with Gasteiger partial charge in [0.15, 0.2) is 0 Å². The Hall–Kier alpha value is -7.05. The van der Waals surface area contributed by atoms with Crippen LogP contribution < -0.4 is 14.7 Å². The Bertz CT molecular complexity index is 2370. The van der Waals surface area contributed by atoms with Gasteiger partial charge in [-0.15, -0.1) is 0 Å². The summed E-state index contributed by atoms with van der Waals surface area (Å²) in [4.78, 5) is 44.4. The Morgan fingerprint density at radius 2 is 0.500 bits per heavy atom. The first kappa shape index (κ1) is 35.4. The third kappa shape index (κ3) is 7.59. The minimum atomic E-state index is -0.130. The summed E-state index contributed by atoms with van der Waals surface area (Å²) in [7, 11) is 5.28. The van der Waals surface area contributed by atoms with Crippen LogP contribution in [0.15, 0.2) is 182 Å². The SMILES string of the molecule is CN(C(=O)c1ccc(-c2ccccc2)cc1)c1ccc(-c2ccc(-c3ccc(C(=O)N(C)c4ccc(N(C)C(=O)c5ccccc5)cc4)cc3)cc2)cc1. The smallest absolute Gasteiger partial charge is 0.258 e. The Labute approximate surface area is 316 Å². The predicted octanol–water partition coefficient (Wildman–Crippen LogP) is 10.5. The molecule has 0 N–H and O–H groups in total. The maximum Gasteiger partial charge on any atom is 0.258 e. The molecule has 54 heavy (non-hydrogen) atoms. The molecule has 0 aliphatic rings. The van der Waals surface area contributed by atoms with E-state index in [1.807, 2.05) is 133 Å². The van der Waals surface area contributed by atoms with Crippen LogP contribution >= 0.6 is 0 Å². The van der Waals surface area contributed by atoms with E-state index in [-0.39, 0.29) is 17.7 Å². The number of benzene rings is 7. The molecule has 0 radical (unpaired) electrons. The van der Waals surface area contributed by atoms with Crippen molar-refractivity contribution in [3.05, 3.63) is 199 Å². The van der Waals surface area contributed by atoms with Crippen LogP contribution in [-0.2, 0) is 0 Å². The maximum absolute atomic E-state index is 13.4. The highest BCUT2D eigenvalue weighted by atomic mass is 16.2. The van der Waals surface area contributed by atoms with Crippen molar-refractivity contribution >= 4 is 34.8 Å². The zero-order chi connectivity index (χ0) is 37.6. The van der Waals surface area contributed by atoms with E-state index in [0.717, 1.165) is 50.4 Å². The summed E-state index contributed by atoms with van der Waals surface area (Å²) >= 11 is 0. The van der Waals surface area contributed by atoms with Crippen molar-refractivity contribution < 1.29 is 14.4 Å². The fourth-order valence-electron chi connectivity index (χ4n) is 6.39. The fourth-order valence-corrected chi connectivity index (χ4v) is 6.39. The Morgan fingerprint density at radius 1 is 0.278 bits per heavy atom. The zero-order valence-electron chi connectivity index (χ0n) is 30.4. The molecular weight excluding hydrogens is 667 g/mol. The van der Waals surface area contributed by atoms with Gasteiger partial charge in [-0.3, -0.25) is 14.4 Å². The molecule has 0 aliphatic heterocycles. The number of nitrogens with zero attached hydrogens (tertiary/aromatic N) is 3. The lowest BCUT2D eigenvalue weighted by molar-refractivity contribution is 0.0984. The minimum absolute atomic E-state index is 0.0679. The van der Waals surface area contributed by atoms with Crippen molar-refractivity contribution in [3.8, 4) is 33.4 Å². The molecule has 0 atom stereocenters. The van der Waals surface area contributed by atoms with Crippen molar-refractivity contribution in [3.63, 3.8) is 0 Å². The van der Waals surface area contributed by atoms with E-state index in [2.05, 4.69) is 36.4 Å². The topological polar surface area (TPSA) is 60.9 Å². The Kier molecular flexibility index (Phi) is 10.3. The van der Waals surface area contributed by atoms with Crippen LogP contribution in [0, 0.1) is 0 Å². The van der Waals surface area contributed by atoms with E-state index < -0.39 is 0 Å². The second-order valence-electron chi connectivity index (χ2n) is 13.1. The molecule has 6 heteroatoms. The van der Waals surface area contributed by atoms with Gasteiger partial charge in [0.2, 0.25) is 0 Å². The maximum atomic E-state index is 13.4. The third-order valence-electron chi connectivity index (χ3n) is 9.74. The standard InChI is InChI=1S/C48H39N3O3/c1-49(47(53)41-22-18-35(19-23-41)34-10-6-4-7-11-34)43-28-26-39(27-29-43)37-16-14-36(15-17-37)38-20-24-42(25-21-38)48(54)51(3)45-32-30-44(31-33-45)50(2)46(52)40-12-8-5-9-13-40/h4-33H,1-3H3. The highest BCUT2D eigenvalue weighted by Gasteiger charge is 2.17. The average molecular weight is 706 g/mol. The molecule has 0 fully saturated rings. The van der Waals surface area contributed by atoms with Crippen LogP contribution in [0.4, 0.5) is 17.1 Å². The lowest BCUT2D eigenvalue weighted by Crippen LogP contribution is -2.27. The number of hydrogen-bond donors (Lipinski definition) is 0. The van der Waals surface area contributed by atoms with Gasteiger partial charge in [-0.05, 0) is 106 Å². The molecular formula is C48H39N3O3. The van der Waals surface area contributed by atoms with E-state index in [0.29, 0.717) is 16.7 Å². The van der Waals surface area contributed by atoms with Crippen LogP contribution in [0.5, 0.6) is 0 Å². The van der Waals surface area contributed by atoms with Crippen LogP contribution in [0.3, 0.4) is 0 Å². The van der Waals surface area contributed by atoms with Gasteiger partial charge in [-0.25, -0.2) is 0 Å². The normalized spacial score (nSPS) is 10.7. The molecule has 0 saturated heterocycles. The number of carbonyl (C=O) groups excluding carboxylic acids is 3. The number of carbonyl (C=O) groups is 3. The lowest BCUT2D eigenvalue weighted by atomic mass is 9.99. The molecule has 0 heterocycles. The number of amides is 3. The van der Waals surface area contributed by atoms with Gasteiger partial charge in [-0.2, -0.15) is 0 Å². The second-order valence-corrected chi connectivity index (χ2v) is 13.1. The van der Waals surface area contributed by atoms with Crippen LogP contribution in [-0.4, -0.2) is 38.9 Å². The number of rotatable bonds is 9.